The van der Waals surface area contributed by atoms with E-state index in [2.05, 4.69) is 21.6 Å². The second-order valence-electron chi connectivity index (χ2n) is 8.73. The fourth-order valence-electron chi connectivity index (χ4n) is 5.00. The van der Waals surface area contributed by atoms with Crippen LogP contribution in [0.25, 0.3) is 17.0 Å². The van der Waals surface area contributed by atoms with E-state index in [1.165, 1.54) is 12.1 Å². The van der Waals surface area contributed by atoms with Crippen LogP contribution in [-0.2, 0) is 13.0 Å². The summed E-state index contributed by atoms with van der Waals surface area (Å²) >= 11 is 0. The molecule has 1 saturated heterocycles. The van der Waals surface area contributed by atoms with Crippen molar-refractivity contribution in [2.75, 3.05) is 19.6 Å². The van der Waals surface area contributed by atoms with Crippen LogP contribution in [-0.4, -0.2) is 44.3 Å². The van der Waals surface area contributed by atoms with E-state index in [9.17, 15) is 14.3 Å². The molecular formula is C24H27FN4O3. The molecule has 0 amide bonds. The van der Waals surface area contributed by atoms with Crippen LogP contribution >= 0.6 is 0 Å². The number of aromatic nitrogens is 3. The van der Waals surface area contributed by atoms with Gasteiger partial charge in [0.1, 0.15) is 17.7 Å². The summed E-state index contributed by atoms with van der Waals surface area (Å²) in [5.74, 6) is 0.413. The van der Waals surface area contributed by atoms with E-state index in [1.54, 1.807) is 16.7 Å². The van der Waals surface area contributed by atoms with Gasteiger partial charge >= 0.3 is 0 Å². The first-order valence-corrected chi connectivity index (χ1v) is 11.3. The van der Waals surface area contributed by atoms with Gasteiger partial charge in [-0.1, -0.05) is 11.7 Å². The summed E-state index contributed by atoms with van der Waals surface area (Å²) in [4.78, 5) is 20.0. The first-order chi connectivity index (χ1) is 15.5. The van der Waals surface area contributed by atoms with Gasteiger partial charge in [0.05, 0.1) is 11.4 Å². The van der Waals surface area contributed by atoms with Gasteiger partial charge in [0, 0.05) is 36.0 Å². The van der Waals surface area contributed by atoms with E-state index in [1.807, 2.05) is 0 Å². The number of hydrogen-bond donors (Lipinski definition) is 1. The zero-order chi connectivity index (χ0) is 22.2. The highest BCUT2D eigenvalue weighted by molar-refractivity contribution is 5.79. The molecule has 0 spiro atoms. The fourth-order valence-corrected chi connectivity index (χ4v) is 5.00. The zero-order valence-corrected chi connectivity index (χ0v) is 18.0. The third kappa shape index (κ3) is 3.78. The lowest BCUT2D eigenvalue weighted by Gasteiger charge is -2.31. The molecule has 0 bridgehead atoms. The molecule has 1 aromatic carbocycles. The molecule has 32 heavy (non-hydrogen) atoms. The predicted molar refractivity (Wildman–Crippen MR) is 119 cm³/mol. The number of hydrogen-bond acceptors (Lipinski definition) is 6. The van der Waals surface area contributed by atoms with E-state index in [0.717, 1.165) is 50.0 Å². The second kappa shape index (κ2) is 8.60. The van der Waals surface area contributed by atoms with Gasteiger partial charge in [-0.25, -0.2) is 9.37 Å². The van der Waals surface area contributed by atoms with Crippen LogP contribution in [0, 0.1) is 5.82 Å². The average Bonchev–Trinajstić information content (AvgIpc) is 3.22. The van der Waals surface area contributed by atoms with Gasteiger partial charge < -0.3 is 14.5 Å². The van der Waals surface area contributed by atoms with Crippen LogP contribution in [0.1, 0.15) is 60.5 Å². The van der Waals surface area contributed by atoms with Crippen molar-refractivity contribution in [1.82, 2.24) is 19.6 Å². The number of likely N-dealkylation sites (tertiary alicyclic amines) is 1. The molecule has 4 heterocycles. The summed E-state index contributed by atoms with van der Waals surface area (Å²) in [7, 11) is 0. The van der Waals surface area contributed by atoms with Crippen molar-refractivity contribution < 1.29 is 14.0 Å². The molecule has 5 rings (SSSR count). The number of aliphatic hydroxyl groups is 1. The Morgan fingerprint density at radius 2 is 2.06 bits per heavy atom. The molecule has 0 radical (unpaired) electrons. The van der Waals surface area contributed by atoms with Gasteiger partial charge in [-0.3, -0.25) is 9.36 Å². The Morgan fingerprint density at radius 1 is 1.25 bits per heavy atom. The highest BCUT2D eigenvalue weighted by Gasteiger charge is 2.27. The van der Waals surface area contributed by atoms with Crippen molar-refractivity contribution in [3.8, 4) is 0 Å². The van der Waals surface area contributed by atoms with Gasteiger partial charge in [-0.2, -0.15) is 0 Å². The van der Waals surface area contributed by atoms with E-state index in [4.69, 9.17) is 4.52 Å². The van der Waals surface area contributed by atoms with Crippen LogP contribution in [0.5, 0.6) is 0 Å². The monoisotopic (exact) mass is 438 g/mol. The van der Waals surface area contributed by atoms with Crippen molar-refractivity contribution >= 4 is 17.0 Å². The van der Waals surface area contributed by atoms with Crippen LogP contribution in [0.4, 0.5) is 4.39 Å². The van der Waals surface area contributed by atoms with Crippen molar-refractivity contribution in [2.24, 2.45) is 0 Å². The van der Waals surface area contributed by atoms with Crippen LogP contribution in [0.3, 0.4) is 0 Å². The minimum absolute atomic E-state index is 0.0557. The van der Waals surface area contributed by atoms with Gasteiger partial charge in [-0.05, 0) is 63.4 Å². The molecule has 8 heteroatoms. The second-order valence-corrected chi connectivity index (χ2v) is 8.73. The SMILES string of the molecule is C=Cc1nc2n(c(=O)c1CCN1CCC(c3noc4cc(F)ccc34)CC1)CCCC2O. The number of nitrogens with zero attached hydrogens (tertiary/aromatic N) is 4. The van der Waals surface area contributed by atoms with Crippen LogP contribution < -0.4 is 5.56 Å². The van der Waals surface area contributed by atoms with Gasteiger partial charge in [0.2, 0.25) is 0 Å². The molecule has 7 nitrogen and oxygen atoms in total. The molecule has 0 saturated carbocycles. The third-order valence-electron chi connectivity index (χ3n) is 6.79. The molecule has 3 aromatic rings. The maximum atomic E-state index is 13.4. The lowest BCUT2D eigenvalue weighted by atomic mass is 9.91. The Balaban J connectivity index is 1.26. The summed E-state index contributed by atoms with van der Waals surface area (Å²) in [6, 6.07) is 4.56. The van der Waals surface area contributed by atoms with Crippen molar-refractivity contribution in [3.05, 3.63) is 63.7 Å². The van der Waals surface area contributed by atoms with Crippen molar-refractivity contribution in [3.63, 3.8) is 0 Å². The van der Waals surface area contributed by atoms with Crippen LogP contribution in [0.2, 0.25) is 0 Å². The number of piperidine rings is 1. The van der Waals surface area contributed by atoms with E-state index < -0.39 is 6.10 Å². The number of fused-ring (bicyclic) bond motifs is 2. The minimum Gasteiger partial charge on any atom is -0.385 e. The highest BCUT2D eigenvalue weighted by atomic mass is 19.1. The quantitative estimate of drug-likeness (QED) is 0.657. The molecule has 1 fully saturated rings. The van der Waals surface area contributed by atoms with Gasteiger partial charge in [0.15, 0.2) is 5.58 Å². The molecule has 1 atom stereocenters. The number of benzene rings is 1. The molecule has 2 aliphatic rings. The summed E-state index contributed by atoms with van der Waals surface area (Å²) in [6.45, 7) is 6.97. The Labute approximate surface area is 185 Å². The van der Waals surface area contributed by atoms with Gasteiger partial charge in [-0.15, -0.1) is 0 Å². The summed E-state index contributed by atoms with van der Waals surface area (Å²) < 4.78 is 20.4. The smallest absolute Gasteiger partial charge is 0.257 e. The van der Waals surface area contributed by atoms with Crippen molar-refractivity contribution in [2.45, 2.75) is 50.7 Å². The normalized spacial score (nSPS) is 19.9. The number of aliphatic hydroxyl groups excluding tert-OH is 1. The Kier molecular flexibility index (Phi) is 5.65. The highest BCUT2D eigenvalue weighted by Crippen LogP contribution is 2.33. The standard InChI is InChI=1S/C24H27FN4O3/c1-2-19-17(24(31)29-10-3-4-20(30)23(29)26-19)9-13-28-11-7-15(8-12-28)22-18-6-5-16(25)14-21(18)32-27-22/h2,5-6,14-15,20,30H,1,3-4,7-13H2. The molecule has 0 aliphatic carbocycles. The average molecular weight is 439 g/mol. The van der Waals surface area contributed by atoms with Crippen LogP contribution in [0.15, 0.2) is 34.1 Å². The first-order valence-electron chi connectivity index (χ1n) is 11.3. The first kappa shape index (κ1) is 21.0. The Bertz CT molecular complexity index is 1210. The summed E-state index contributed by atoms with van der Waals surface area (Å²) in [5, 5.41) is 15.3. The lowest BCUT2D eigenvalue weighted by Crippen LogP contribution is -2.37. The number of halogens is 1. The Hall–Kier alpha value is -2.84. The molecular weight excluding hydrogens is 411 g/mol. The molecule has 1 N–H and O–H groups in total. The number of rotatable bonds is 5. The van der Waals surface area contributed by atoms with E-state index in [-0.39, 0.29) is 17.3 Å². The summed E-state index contributed by atoms with van der Waals surface area (Å²) in [5.41, 5.74) is 2.59. The van der Waals surface area contributed by atoms with Gasteiger partial charge in [0.25, 0.3) is 5.56 Å². The molecule has 2 aliphatic heterocycles. The topological polar surface area (TPSA) is 84.4 Å². The summed E-state index contributed by atoms with van der Waals surface area (Å²) in [6.07, 6.45) is 4.80. The molecule has 2 aromatic heterocycles. The maximum absolute atomic E-state index is 13.4. The third-order valence-corrected chi connectivity index (χ3v) is 6.79. The lowest BCUT2D eigenvalue weighted by molar-refractivity contribution is 0.130. The Morgan fingerprint density at radius 3 is 2.84 bits per heavy atom. The molecule has 1 unspecified atom stereocenters. The largest absolute Gasteiger partial charge is 0.385 e. The van der Waals surface area contributed by atoms with E-state index >= 15 is 0 Å². The van der Waals surface area contributed by atoms with Crippen molar-refractivity contribution in [1.29, 1.82) is 0 Å². The maximum Gasteiger partial charge on any atom is 0.257 e. The molecule has 168 valence electrons. The minimum atomic E-state index is -0.688. The zero-order valence-electron chi connectivity index (χ0n) is 18.0. The fraction of sp³-hybridized carbons (Fsp3) is 0.458. The predicted octanol–water partition coefficient (Wildman–Crippen LogP) is 3.42. The van der Waals surface area contributed by atoms with E-state index in [0.29, 0.717) is 42.1 Å².